The zero-order valence-corrected chi connectivity index (χ0v) is 13.1. The molecule has 0 saturated carbocycles. The average Bonchev–Trinajstić information content (AvgIpc) is 2.33. The third-order valence-corrected chi connectivity index (χ3v) is 3.12. The van der Waals surface area contributed by atoms with E-state index < -0.39 is 12.0 Å². The summed E-state index contributed by atoms with van der Waals surface area (Å²) in [4.78, 5) is 22.8. The van der Waals surface area contributed by atoms with Gasteiger partial charge in [0.1, 0.15) is 6.04 Å². The van der Waals surface area contributed by atoms with Crippen molar-refractivity contribution in [3.05, 3.63) is 28.7 Å². The topological polar surface area (TPSA) is 78.4 Å². The van der Waals surface area contributed by atoms with Gasteiger partial charge in [0.15, 0.2) is 0 Å². The van der Waals surface area contributed by atoms with Gasteiger partial charge in [-0.2, -0.15) is 0 Å². The highest BCUT2D eigenvalue weighted by Gasteiger charge is 2.19. The number of benzene rings is 1. The van der Waals surface area contributed by atoms with Crippen LogP contribution in [0, 0.1) is 5.92 Å². The number of nitrogens with one attached hydrogen (secondary N) is 2. The smallest absolute Gasteiger partial charge is 0.320 e. The van der Waals surface area contributed by atoms with Crippen LogP contribution in [-0.2, 0) is 9.59 Å². The largest absolute Gasteiger partial charge is 0.480 e. The molecule has 0 bridgehead atoms. The normalized spacial score (nSPS) is 12.2. The van der Waals surface area contributed by atoms with Crippen LogP contribution in [0.25, 0.3) is 0 Å². The minimum Gasteiger partial charge on any atom is -0.480 e. The number of carboxylic acid groups (broad SMARTS) is 1. The third kappa shape index (κ3) is 6.16. The minimum absolute atomic E-state index is 0.0315. The maximum atomic E-state index is 11.8. The Labute approximate surface area is 126 Å². The Morgan fingerprint density at radius 1 is 1.35 bits per heavy atom. The highest BCUT2D eigenvalue weighted by atomic mass is 79.9. The molecule has 0 aromatic heterocycles. The van der Waals surface area contributed by atoms with Crippen molar-refractivity contribution in [2.45, 2.75) is 26.3 Å². The lowest BCUT2D eigenvalue weighted by atomic mass is 10.0. The predicted octanol–water partition coefficient (Wildman–Crippen LogP) is 2.48. The SMILES string of the molecule is CC(C)CC(NCC(=O)Nc1cccc(Br)c1)C(=O)O. The summed E-state index contributed by atoms with van der Waals surface area (Å²) >= 11 is 3.32. The van der Waals surface area contributed by atoms with Crippen LogP contribution in [0.5, 0.6) is 0 Å². The molecule has 1 unspecified atom stereocenters. The van der Waals surface area contributed by atoms with Gasteiger partial charge in [0.25, 0.3) is 0 Å². The molecule has 0 aliphatic rings. The fourth-order valence-electron chi connectivity index (χ4n) is 1.73. The van der Waals surface area contributed by atoms with Gasteiger partial charge in [0, 0.05) is 10.2 Å². The Hall–Kier alpha value is -1.40. The molecule has 1 aromatic carbocycles. The lowest BCUT2D eigenvalue weighted by molar-refractivity contribution is -0.139. The molecule has 0 radical (unpaired) electrons. The molecule has 20 heavy (non-hydrogen) atoms. The first-order valence-electron chi connectivity index (χ1n) is 6.40. The van der Waals surface area contributed by atoms with Crippen molar-refractivity contribution in [1.82, 2.24) is 5.32 Å². The van der Waals surface area contributed by atoms with Crippen LogP contribution in [0.2, 0.25) is 0 Å². The number of hydrogen-bond acceptors (Lipinski definition) is 3. The predicted molar refractivity (Wildman–Crippen MR) is 81.7 cm³/mol. The molecule has 1 atom stereocenters. The van der Waals surface area contributed by atoms with Gasteiger partial charge >= 0.3 is 5.97 Å². The fraction of sp³-hybridized carbons (Fsp3) is 0.429. The van der Waals surface area contributed by atoms with Gasteiger partial charge in [-0.3, -0.25) is 14.9 Å². The van der Waals surface area contributed by atoms with Crippen LogP contribution in [-0.4, -0.2) is 29.6 Å². The van der Waals surface area contributed by atoms with Gasteiger partial charge in [-0.15, -0.1) is 0 Å². The number of anilines is 1. The number of amides is 1. The molecule has 0 saturated heterocycles. The van der Waals surface area contributed by atoms with Crippen molar-refractivity contribution in [1.29, 1.82) is 0 Å². The van der Waals surface area contributed by atoms with Crippen LogP contribution < -0.4 is 10.6 Å². The van der Waals surface area contributed by atoms with Crippen molar-refractivity contribution in [3.8, 4) is 0 Å². The summed E-state index contributed by atoms with van der Waals surface area (Å²) in [5.74, 6) is -0.955. The van der Waals surface area contributed by atoms with Crippen LogP contribution in [0.3, 0.4) is 0 Å². The van der Waals surface area contributed by atoms with Gasteiger partial charge in [0.2, 0.25) is 5.91 Å². The van der Waals surface area contributed by atoms with Gasteiger partial charge in [-0.25, -0.2) is 0 Å². The summed E-state index contributed by atoms with van der Waals surface area (Å²) < 4.78 is 0.867. The highest BCUT2D eigenvalue weighted by Crippen LogP contribution is 2.15. The van der Waals surface area contributed by atoms with E-state index in [0.717, 1.165) is 4.47 Å². The Balaban J connectivity index is 2.47. The fourth-order valence-corrected chi connectivity index (χ4v) is 2.13. The molecule has 3 N–H and O–H groups in total. The first kappa shape index (κ1) is 16.7. The molecule has 0 aliphatic heterocycles. The van der Waals surface area contributed by atoms with Gasteiger partial charge in [-0.05, 0) is 30.5 Å². The second-order valence-electron chi connectivity index (χ2n) is 4.96. The Kier molecular flexibility index (Phi) is 6.67. The van der Waals surface area contributed by atoms with Crippen molar-refractivity contribution in [2.24, 2.45) is 5.92 Å². The number of rotatable bonds is 7. The molecule has 5 nitrogen and oxygen atoms in total. The highest BCUT2D eigenvalue weighted by molar-refractivity contribution is 9.10. The van der Waals surface area contributed by atoms with E-state index in [1.54, 1.807) is 12.1 Å². The Morgan fingerprint density at radius 3 is 2.60 bits per heavy atom. The summed E-state index contributed by atoms with van der Waals surface area (Å²) in [7, 11) is 0. The van der Waals surface area contributed by atoms with E-state index in [9.17, 15) is 9.59 Å². The number of hydrogen-bond donors (Lipinski definition) is 3. The van der Waals surface area contributed by atoms with E-state index in [1.807, 2.05) is 26.0 Å². The molecule has 0 heterocycles. The van der Waals surface area contributed by atoms with Gasteiger partial charge < -0.3 is 10.4 Å². The number of halogens is 1. The number of carboxylic acids is 1. The van der Waals surface area contributed by atoms with E-state index in [2.05, 4.69) is 26.6 Å². The lowest BCUT2D eigenvalue weighted by Gasteiger charge is -2.16. The summed E-state index contributed by atoms with van der Waals surface area (Å²) in [5, 5.41) is 14.5. The quantitative estimate of drug-likeness (QED) is 0.711. The Morgan fingerprint density at radius 2 is 2.05 bits per heavy atom. The van der Waals surface area contributed by atoms with Crippen LogP contribution in [0.15, 0.2) is 28.7 Å². The summed E-state index contributed by atoms with van der Waals surface area (Å²) in [5.41, 5.74) is 0.668. The third-order valence-electron chi connectivity index (χ3n) is 2.62. The monoisotopic (exact) mass is 342 g/mol. The number of carbonyl (C=O) groups is 2. The molecule has 1 amide bonds. The van der Waals surface area contributed by atoms with Crippen LogP contribution >= 0.6 is 15.9 Å². The molecule has 0 aliphatic carbocycles. The molecule has 6 heteroatoms. The zero-order valence-electron chi connectivity index (χ0n) is 11.5. The second-order valence-corrected chi connectivity index (χ2v) is 5.88. The lowest BCUT2D eigenvalue weighted by Crippen LogP contribution is -2.42. The van der Waals surface area contributed by atoms with E-state index >= 15 is 0 Å². The second kappa shape index (κ2) is 8.01. The maximum absolute atomic E-state index is 11.8. The van der Waals surface area contributed by atoms with Crippen molar-refractivity contribution >= 4 is 33.5 Å². The standard InChI is InChI=1S/C14H19BrN2O3/c1-9(2)6-12(14(19)20)16-8-13(18)17-11-5-3-4-10(15)7-11/h3-5,7,9,12,16H,6,8H2,1-2H3,(H,17,18)(H,19,20). The zero-order chi connectivity index (χ0) is 15.1. The van der Waals surface area contributed by atoms with Crippen molar-refractivity contribution in [2.75, 3.05) is 11.9 Å². The molecule has 0 spiro atoms. The summed E-state index contributed by atoms with van der Waals surface area (Å²) in [6.45, 7) is 3.86. The van der Waals surface area contributed by atoms with Crippen LogP contribution in [0.1, 0.15) is 20.3 Å². The maximum Gasteiger partial charge on any atom is 0.320 e. The van der Waals surface area contributed by atoms with E-state index in [-0.39, 0.29) is 18.4 Å². The van der Waals surface area contributed by atoms with Crippen LogP contribution in [0.4, 0.5) is 5.69 Å². The molecule has 1 rings (SSSR count). The summed E-state index contributed by atoms with van der Waals surface area (Å²) in [6.07, 6.45) is 0.486. The molecular formula is C14H19BrN2O3. The first-order chi connectivity index (χ1) is 9.38. The van der Waals surface area contributed by atoms with E-state index in [4.69, 9.17) is 5.11 Å². The van der Waals surface area contributed by atoms with Gasteiger partial charge in [-0.1, -0.05) is 35.8 Å². The minimum atomic E-state index is -0.936. The van der Waals surface area contributed by atoms with E-state index in [1.165, 1.54) is 0 Å². The average molecular weight is 343 g/mol. The number of carbonyl (C=O) groups excluding carboxylic acids is 1. The number of aliphatic carboxylic acids is 1. The first-order valence-corrected chi connectivity index (χ1v) is 7.19. The van der Waals surface area contributed by atoms with Crippen molar-refractivity contribution < 1.29 is 14.7 Å². The molecule has 1 aromatic rings. The van der Waals surface area contributed by atoms with Crippen molar-refractivity contribution in [3.63, 3.8) is 0 Å². The van der Waals surface area contributed by atoms with E-state index in [0.29, 0.717) is 12.1 Å². The van der Waals surface area contributed by atoms with Gasteiger partial charge in [0.05, 0.1) is 6.54 Å². The molecule has 0 fully saturated rings. The molecule has 110 valence electrons. The summed E-state index contributed by atoms with van der Waals surface area (Å²) in [6, 6.07) is 6.51. The molecular weight excluding hydrogens is 324 g/mol. The Bertz CT molecular complexity index is 477.